The average Bonchev–Trinajstić information content (AvgIpc) is 3.16. The Morgan fingerprint density at radius 3 is 2.54 bits per heavy atom. The van der Waals surface area contributed by atoms with Crippen molar-refractivity contribution in [2.45, 2.75) is 32.2 Å². The second kappa shape index (κ2) is 7.88. The predicted octanol–water partition coefficient (Wildman–Crippen LogP) is 2.54. The van der Waals surface area contributed by atoms with Crippen molar-refractivity contribution in [3.8, 4) is 11.5 Å². The van der Waals surface area contributed by atoms with E-state index in [0.717, 1.165) is 69.9 Å². The first kappa shape index (κ1) is 17.1. The number of piperidine rings is 1. The molecule has 0 spiro atoms. The Morgan fingerprint density at radius 1 is 1.08 bits per heavy atom. The van der Waals surface area contributed by atoms with Crippen LogP contribution in [-0.4, -0.2) is 56.1 Å². The van der Waals surface area contributed by atoms with Crippen LogP contribution in [0.3, 0.4) is 0 Å². The summed E-state index contributed by atoms with van der Waals surface area (Å²) in [5, 5.41) is 0. The standard InChI is InChI=1S/C19H28N2O3/c1-23-17-8-7-15(12-18(17)24-2)13-20-9-5-6-16(14-20)19(22)21-10-3-4-11-21/h7-8,12,16H,3-6,9-11,13-14H2,1-2H3. The van der Waals surface area contributed by atoms with Gasteiger partial charge in [-0.1, -0.05) is 6.07 Å². The highest BCUT2D eigenvalue weighted by Crippen LogP contribution is 2.29. The van der Waals surface area contributed by atoms with E-state index >= 15 is 0 Å². The Bertz CT molecular complexity index is 570. The minimum atomic E-state index is 0.164. The number of ether oxygens (including phenoxy) is 2. The van der Waals surface area contributed by atoms with Crippen LogP contribution in [0.4, 0.5) is 0 Å². The molecule has 2 fully saturated rings. The van der Waals surface area contributed by atoms with Crippen molar-refractivity contribution in [3.05, 3.63) is 23.8 Å². The van der Waals surface area contributed by atoms with Crippen molar-refractivity contribution >= 4 is 5.91 Å². The van der Waals surface area contributed by atoms with Gasteiger partial charge in [-0.3, -0.25) is 9.69 Å². The maximum absolute atomic E-state index is 12.6. The number of carbonyl (C=O) groups excluding carboxylic acids is 1. The molecule has 1 aromatic rings. The summed E-state index contributed by atoms with van der Waals surface area (Å²) in [6.45, 7) is 4.67. The van der Waals surface area contributed by atoms with Crippen LogP contribution in [0.1, 0.15) is 31.2 Å². The highest BCUT2D eigenvalue weighted by molar-refractivity contribution is 5.79. The smallest absolute Gasteiger partial charge is 0.226 e. The lowest BCUT2D eigenvalue weighted by Gasteiger charge is -2.34. The first-order chi connectivity index (χ1) is 11.7. The zero-order valence-corrected chi connectivity index (χ0v) is 14.8. The fraction of sp³-hybridized carbons (Fsp3) is 0.632. The Labute approximate surface area is 144 Å². The molecule has 1 atom stereocenters. The lowest BCUT2D eigenvalue weighted by Crippen LogP contribution is -2.43. The van der Waals surface area contributed by atoms with E-state index in [9.17, 15) is 4.79 Å². The SMILES string of the molecule is COc1ccc(CN2CCCC(C(=O)N3CCCC3)C2)cc1OC. The van der Waals surface area contributed by atoms with E-state index in [0.29, 0.717) is 5.91 Å². The highest BCUT2D eigenvalue weighted by Gasteiger charge is 2.30. The van der Waals surface area contributed by atoms with Gasteiger partial charge in [0, 0.05) is 26.2 Å². The summed E-state index contributed by atoms with van der Waals surface area (Å²) in [6, 6.07) is 6.06. The molecule has 0 N–H and O–H groups in total. The fourth-order valence-electron chi connectivity index (χ4n) is 3.83. The van der Waals surface area contributed by atoms with Gasteiger partial charge in [-0.05, 0) is 49.9 Å². The van der Waals surface area contributed by atoms with Crippen molar-refractivity contribution in [2.24, 2.45) is 5.92 Å². The molecule has 2 heterocycles. The molecule has 5 nitrogen and oxygen atoms in total. The molecule has 2 aliphatic heterocycles. The van der Waals surface area contributed by atoms with Gasteiger partial charge in [0.15, 0.2) is 11.5 Å². The number of likely N-dealkylation sites (tertiary alicyclic amines) is 2. The minimum absolute atomic E-state index is 0.164. The lowest BCUT2D eigenvalue weighted by atomic mass is 9.96. The largest absolute Gasteiger partial charge is 0.493 e. The summed E-state index contributed by atoms with van der Waals surface area (Å²) in [5.74, 6) is 2.04. The van der Waals surface area contributed by atoms with E-state index in [2.05, 4.69) is 15.9 Å². The Kier molecular flexibility index (Phi) is 5.61. The maximum Gasteiger partial charge on any atom is 0.226 e. The summed E-state index contributed by atoms with van der Waals surface area (Å²) in [4.78, 5) is 17.1. The highest BCUT2D eigenvalue weighted by atomic mass is 16.5. The van der Waals surface area contributed by atoms with Crippen molar-refractivity contribution in [2.75, 3.05) is 40.4 Å². The lowest BCUT2D eigenvalue weighted by molar-refractivity contribution is -0.136. The monoisotopic (exact) mass is 332 g/mol. The van der Waals surface area contributed by atoms with Crippen LogP contribution in [-0.2, 0) is 11.3 Å². The maximum atomic E-state index is 12.6. The molecule has 1 unspecified atom stereocenters. The second-order valence-corrected chi connectivity index (χ2v) is 6.80. The second-order valence-electron chi connectivity index (χ2n) is 6.80. The fourth-order valence-corrected chi connectivity index (χ4v) is 3.83. The van der Waals surface area contributed by atoms with Crippen molar-refractivity contribution in [1.29, 1.82) is 0 Å². The number of hydrogen-bond acceptors (Lipinski definition) is 4. The molecule has 0 bridgehead atoms. The van der Waals surface area contributed by atoms with Gasteiger partial charge in [-0.15, -0.1) is 0 Å². The van der Waals surface area contributed by atoms with Gasteiger partial charge in [0.25, 0.3) is 0 Å². The predicted molar refractivity (Wildman–Crippen MR) is 93.4 cm³/mol. The van der Waals surface area contributed by atoms with Crippen LogP contribution in [0, 0.1) is 5.92 Å². The summed E-state index contributed by atoms with van der Waals surface area (Å²) in [7, 11) is 3.31. The van der Waals surface area contributed by atoms with E-state index < -0.39 is 0 Å². The molecule has 2 saturated heterocycles. The van der Waals surface area contributed by atoms with Gasteiger partial charge in [-0.25, -0.2) is 0 Å². The summed E-state index contributed by atoms with van der Waals surface area (Å²) >= 11 is 0. The third-order valence-corrected chi connectivity index (χ3v) is 5.13. The van der Waals surface area contributed by atoms with Crippen LogP contribution in [0.15, 0.2) is 18.2 Å². The summed E-state index contributed by atoms with van der Waals surface area (Å²) < 4.78 is 10.7. The van der Waals surface area contributed by atoms with Crippen LogP contribution in [0.5, 0.6) is 11.5 Å². The minimum Gasteiger partial charge on any atom is -0.493 e. The van der Waals surface area contributed by atoms with Crippen molar-refractivity contribution in [3.63, 3.8) is 0 Å². The molecule has 2 aliphatic rings. The van der Waals surface area contributed by atoms with Gasteiger partial charge >= 0.3 is 0 Å². The van der Waals surface area contributed by atoms with E-state index in [-0.39, 0.29) is 5.92 Å². The molecule has 0 radical (unpaired) electrons. The summed E-state index contributed by atoms with van der Waals surface area (Å²) in [5.41, 5.74) is 1.20. The molecule has 1 aromatic carbocycles. The normalized spacial score (nSPS) is 21.8. The van der Waals surface area contributed by atoms with Crippen LogP contribution >= 0.6 is 0 Å². The number of benzene rings is 1. The van der Waals surface area contributed by atoms with Gasteiger partial charge in [0.1, 0.15) is 0 Å². The van der Waals surface area contributed by atoms with E-state index in [1.54, 1.807) is 14.2 Å². The number of methoxy groups -OCH3 is 2. The Morgan fingerprint density at radius 2 is 1.83 bits per heavy atom. The van der Waals surface area contributed by atoms with E-state index in [1.165, 1.54) is 5.56 Å². The van der Waals surface area contributed by atoms with Gasteiger partial charge in [-0.2, -0.15) is 0 Å². The Balaban J connectivity index is 1.61. The Hall–Kier alpha value is -1.75. The number of hydrogen-bond donors (Lipinski definition) is 0. The molecule has 132 valence electrons. The third kappa shape index (κ3) is 3.83. The topological polar surface area (TPSA) is 42.0 Å². The molecular weight excluding hydrogens is 304 g/mol. The van der Waals surface area contributed by atoms with E-state index in [4.69, 9.17) is 9.47 Å². The zero-order chi connectivity index (χ0) is 16.9. The van der Waals surface area contributed by atoms with Crippen molar-refractivity contribution < 1.29 is 14.3 Å². The van der Waals surface area contributed by atoms with Gasteiger partial charge < -0.3 is 14.4 Å². The van der Waals surface area contributed by atoms with Gasteiger partial charge in [0.05, 0.1) is 20.1 Å². The third-order valence-electron chi connectivity index (χ3n) is 5.13. The van der Waals surface area contributed by atoms with Crippen molar-refractivity contribution in [1.82, 2.24) is 9.80 Å². The summed E-state index contributed by atoms with van der Waals surface area (Å²) in [6.07, 6.45) is 4.44. The first-order valence-corrected chi connectivity index (χ1v) is 8.93. The van der Waals surface area contributed by atoms with Gasteiger partial charge in [0.2, 0.25) is 5.91 Å². The van der Waals surface area contributed by atoms with Crippen LogP contribution < -0.4 is 9.47 Å². The van der Waals surface area contributed by atoms with Crippen LogP contribution in [0.25, 0.3) is 0 Å². The quantitative estimate of drug-likeness (QED) is 0.831. The number of nitrogens with zero attached hydrogens (tertiary/aromatic N) is 2. The molecular formula is C19H28N2O3. The van der Waals surface area contributed by atoms with Crippen LogP contribution in [0.2, 0.25) is 0 Å². The average molecular weight is 332 g/mol. The molecule has 0 saturated carbocycles. The molecule has 0 aromatic heterocycles. The molecule has 0 aliphatic carbocycles. The molecule has 24 heavy (non-hydrogen) atoms. The number of amides is 1. The first-order valence-electron chi connectivity index (χ1n) is 8.93. The number of rotatable bonds is 5. The zero-order valence-electron chi connectivity index (χ0n) is 14.8. The molecule has 5 heteroatoms. The number of carbonyl (C=O) groups is 1. The molecule has 3 rings (SSSR count). The molecule has 1 amide bonds. The van der Waals surface area contributed by atoms with E-state index in [1.807, 2.05) is 12.1 Å².